The zero-order valence-electron chi connectivity index (χ0n) is 20.4. The average molecular weight is 504 g/mol. The summed E-state index contributed by atoms with van der Waals surface area (Å²) in [6.45, 7) is 10.7. The summed E-state index contributed by atoms with van der Waals surface area (Å²) in [6.07, 6.45) is -4.38. The minimum Gasteiger partial charge on any atom is -0.459 e. The second-order valence-corrected chi connectivity index (χ2v) is 11.8. The molecule has 1 aliphatic carbocycles. The maximum Gasteiger partial charge on any atom is 0.390 e. The number of nitrogens with one attached hydrogen (secondary N) is 1. The first-order chi connectivity index (χ1) is 15.5. The predicted molar refractivity (Wildman–Crippen MR) is 125 cm³/mol. The number of carbonyl (C=O) groups excluding carboxylic acids is 1. The number of carbonyl (C=O) groups is 1. The highest BCUT2D eigenvalue weighted by Crippen LogP contribution is 2.46. The van der Waals surface area contributed by atoms with Gasteiger partial charge < -0.3 is 10.1 Å². The highest BCUT2D eigenvalue weighted by molar-refractivity contribution is 7.18. The number of rotatable bonds is 7. The Labute approximate surface area is 199 Å². The molecule has 1 N–H and O–H groups in total. The molecule has 0 radical (unpaired) electrons. The monoisotopic (exact) mass is 503 g/mol. The first kappa shape index (κ1) is 26.5. The summed E-state index contributed by atoms with van der Waals surface area (Å²) in [6, 6.07) is -0.329. The Bertz CT molecular complexity index is 1190. The lowest BCUT2D eigenvalue weighted by Crippen LogP contribution is -2.48. The number of aryl methyl sites for hydroxylation is 2. The van der Waals surface area contributed by atoms with Crippen LogP contribution in [0.1, 0.15) is 70.4 Å². The van der Waals surface area contributed by atoms with Gasteiger partial charge >= 0.3 is 17.8 Å². The molecule has 0 amide bonds. The SMILES string of the molecule is Cc1c(CNCC(=O)OC(C)(C)C)sc2c1c(=O)n(C1CC(C)(C)C1)c(=O)n2CCC(F)(F)F. The van der Waals surface area contributed by atoms with Crippen LogP contribution in [0.15, 0.2) is 9.59 Å². The van der Waals surface area contributed by atoms with Crippen molar-refractivity contribution in [1.82, 2.24) is 14.5 Å². The van der Waals surface area contributed by atoms with Crippen molar-refractivity contribution >= 4 is 27.5 Å². The second-order valence-electron chi connectivity index (χ2n) is 10.7. The molecule has 0 saturated heterocycles. The second kappa shape index (κ2) is 9.14. The molecule has 2 aromatic heterocycles. The van der Waals surface area contributed by atoms with Gasteiger partial charge in [0.2, 0.25) is 0 Å². The molecule has 0 atom stereocenters. The molecular formula is C23H32F3N3O4S. The highest BCUT2D eigenvalue weighted by Gasteiger charge is 2.39. The van der Waals surface area contributed by atoms with E-state index in [1.165, 1.54) is 0 Å². The third-order valence-corrected chi connectivity index (χ3v) is 7.19. The fraction of sp³-hybridized carbons (Fsp3) is 0.696. The van der Waals surface area contributed by atoms with Crippen LogP contribution in [0.3, 0.4) is 0 Å². The Kier molecular flexibility index (Phi) is 7.12. The van der Waals surface area contributed by atoms with E-state index in [0.29, 0.717) is 23.3 Å². The maximum absolute atomic E-state index is 13.4. The molecule has 0 spiro atoms. The van der Waals surface area contributed by atoms with Crippen LogP contribution in [0.2, 0.25) is 0 Å². The van der Waals surface area contributed by atoms with Gasteiger partial charge in [-0.25, -0.2) is 4.79 Å². The van der Waals surface area contributed by atoms with Crippen molar-refractivity contribution in [2.24, 2.45) is 5.41 Å². The summed E-state index contributed by atoms with van der Waals surface area (Å²) in [4.78, 5) is 39.5. The van der Waals surface area contributed by atoms with Crippen molar-refractivity contribution in [3.63, 3.8) is 0 Å². The minimum atomic E-state index is -4.44. The van der Waals surface area contributed by atoms with Crippen LogP contribution in [0, 0.1) is 12.3 Å². The van der Waals surface area contributed by atoms with Crippen LogP contribution in [0.5, 0.6) is 0 Å². The summed E-state index contributed by atoms with van der Waals surface area (Å²) in [7, 11) is 0. The van der Waals surface area contributed by atoms with Gasteiger partial charge in [-0.3, -0.25) is 18.7 Å². The minimum absolute atomic E-state index is 0.0251. The average Bonchev–Trinajstić information content (AvgIpc) is 2.94. The Balaban J connectivity index is 1.98. The molecule has 1 fully saturated rings. The number of thiophene rings is 1. The molecule has 1 aliphatic rings. The fourth-order valence-electron chi connectivity index (χ4n) is 4.39. The number of hydrogen-bond donors (Lipinski definition) is 1. The number of esters is 1. The zero-order valence-corrected chi connectivity index (χ0v) is 21.2. The van der Waals surface area contributed by atoms with Crippen LogP contribution < -0.4 is 16.6 Å². The van der Waals surface area contributed by atoms with Crippen molar-refractivity contribution in [3.05, 3.63) is 31.3 Å². The number of fused-ring (bicyclic) bond motifs is 1. The first-order valence-corrected chi connectivity index (χ1v) is 12.1. The summed E-state index contributed by atoms with van der Waals surface area (Å²) < 4.78 is 46.5. The summed E-state index contributed by atoms with van der Waals surface area (Å²) in [5.74, 6) is -0.441. The van der Waals surface area contributed by atoms with Gasteiger partial charge in [0.25, 0.3) is 5.56 Å². The predicted octanol–water partition coefficient (Wildman–Crippen LogP) is 4.28. The van der Waals surface area contributed by atoms with Crippen molar-refractivity contribution in [2.45, 2.75) is 91.7 Å². The van der Waals surface area contributed by atoms with Crippen LogP contribution in [-0.2, 0) is 22.6 Å². The van der Waals surface area contributed by atoms with E-state index >= 15 is 0 Å². The molecule has 7 nitrogen and oxygen atoms in total. The number of nitrogens with zero attached hydrogens (tertiary/aromatic N) is 2. The normalized spacial score (nSPS) is 16.6. The third kappa shape index (κ3) is 5.91. The van der Waals surface area contributed by atoms with Gasteiger partial charge in [-0.05, 0) is 51.5 Å². The van der Waals surface area contributed by atoms with Gasteiger partial charge in [0.1, 0.15) is 10.4 Å². The fourth-order valence-corrected chi connectivity index (χ4v) is 5.68. The summed E-state index contributed by atoms with van der Waals surface area (Å²) in [5, 5.41) is 3.23. The molecule has 0 bridgehead atoms. The van der Waals surface area contributed by atoms with Gasteiger partial charge in [-0.1, -0.05) is 13.8 Å². The smallest absolute Gasteiger partial charge is 0.390 e. The molecule has 0 aromatic carbocycles. The van der Waals surface area contributed by atoms with Gasteiger partial charge in [0.05, 0.1) is 18.4 Å². The van der Waals surface area contributed by atoms with Crippen molar-refractivity contribution in [1.29, 1.82) is 0 Å². The van der Waals surface area contributed by atoms with Crippen molar-refractivity contribution < 1.29 is 22.7 Å². The Morgan fingerprint density at radius 1 is 1.21 bits per heavy atom. The van der Waals surface area contributed by atoms with Crippen molar-refractivity contribution in [2.75, 3.05) is 6.54 Å². The summed E-state index contributed by atoms with van der Waals surface area (Å²) in [5.41, 5.74) is -1.20. The third-order valence-electron chi connectivity index (χ3n) is 5.88. The molecule has 3 rings (SSSR count). The van der Waals surface area contributed by atoms with Crippen LogP contribution in [0.25, 0.3) is 10.2 Å². The van der Waals surface area contributed by atoms with E-state index in [1.54, 1.807) is 27.7 Å². The van der Waals surface area contributed by atoms with Crippen LogP contribution in [-0.4, -0.2) is 33.4 Å². The van der Waals surface area contributed by atoms with Gasteiger partial charge in [0.15, 0.2) is 0 Å². The molecule has 190 valence electrons. The van der Waals surface area contributed by atoms with E-state index < -0.39 is 42.0 Å². The largest absolute Gasteiger partial charge is 0.459 e. The van der Waals surface area contributed by atoms with E-state index in [2.05, 4.69) is 5.32 Å². The number of alkyl halides is 3. The van der Waals surface area contributed by atoms with Gasteiger partial charge in [-0.2, -0.15) is 13.2 Å². The van der Waals surface area contributed by atoms with Crippen LogP contribution >= 0.6 is 11.3 Å². The molecule has 0 unspecified atom stereocenters. The van der Waals surface area contributed by atoms with Crippen LogP contribution in [0.4, 0.5) is 13.2 Å². The number of aromatic nitrogens is 2. The molecule has 11 heteroatoms. The van der Waals surface area contributed by atoms with Crippen molar-refractivity contribution in [3.8, 4) is 0 Å². The number of ether oxygens (including phenoxy) is 1. The van der Waals surface area contributed by atoms with Gasteiger partial charge in [0, 0.05) is 24.0 Å². The lowest BCUT2D eigenvalue weighted by atomic mass is 9.68. The van der Waals surface area contributed by atoms with E-state index in [-0.39, 0.29) is 34.8 Å². The van der Waals surface area contributed by atoms with Gasteiger partial charge in [-0.15, -0.1) is 11.3 Å². The lowest BCUT2D eigenvalue weighted by Gasteiger charge is -2.43. The maximum atomic E-state index is 13.4. The molecule has 0 aliphatic heterocycles. The first-order valence-electron chi connectivity index (χ1n) is 11.3. The summed E-state index contributed by atoms with van der Waals surface area (Å²) >= 11 is 1.11. The van der Waals surface area contributed by atoms with E-state index in [4.69, 9.17) is 4.74 Å². The quantitative estimate of drug-likeness (QED) is 0.571. The highest BCUT2D eigenvalue weighted by atomic mass is 32.1. The zero-order chi connectivity index (χ0) is 25.6. The Morgan fingerprint density at radius 3 is 2.35 bits per heavy atom. The molecule has 1 saturated carbocycles. The molecule has 2 aromatic rings. The van der Waals surface area contributed by atoms with E-state index in [0.717, 1.165) is 20.5 Å². The van der Waals surface area contributed by atoms with E-state index in [9.17, 15) is 27.6 Å². The topological polar surface area (TPSA) is 82.3 Å². The standard InChI is InChI=1S/C23H32F3N3O4S/c1-13-15(11-27-12-16(30)33-21(2,3)4)34-19-17(13)18(31)29(14-9-22(5,6)10-14)20(32)28(19)8-7-23(24,25)26/h14,27H,7-12H2,1-6H3. The number of hydrogen-bond acceptors (Lipinski definition) is 6. The van der Waals surface area contributed by atoms with E-state index in [1.807, 2.05) is 13.8 Å². The molecular weight excluding hydrogens is 471 g/mol. The number of halogens is 3. The molecule has 2 heterocycles. The lowest BCUT2D eigenvalue weighted by molar-refractivity contribution is -0.153. The Hall–Kier alpha value is -2.14. The molecule has 34 heavy (non-hydrogen) atoms. The Morgan fingerprint density at radius 2 is 1.82 bits per heavy atom.